The van der Waals surface area contributed by atoms with Gasteiger partial charge in [0.15, 0.2) is 0 Å². The van der Waals surface area contributed by atoms with Crippen LogP contribution >= 0.6 is 0 Å². The second kappa shape index (κ2) is 6.40. The maximum Gasteiger partial charge on any atom is 0.126 e. The Balaban J connectivity index is 2.49. The minimum atomic E-state index is -0.718. The van der Waals surface area contributed by atoms with E-state index in [-0.39, 0.29) is 11.2 Å². The topological polar surface area (TPSA) is 20.2 Å². The molecule has 2 rings (SSSR count). The van der Waals surface area contributed by atoms with Crippen molar-refractivity contribution in [2.75, 3.05) is 0 Å². The molecule has 0 amide bonds. The van der Waals surface area contributed by atoms with Crippen LogP contribution in [0.2, 0.25) is 0 Å². The van der Waals surface area contributed by atoms with Crippen LogP contribution < -0.4 is 0 Å². The molecule has 1 unspecified atom stereocenters. The molecule has 1 atom stereocenters. The highest BCUT2D eigenvalue weighted by Crippen LogP contribution is 2.43. The summed E-state index contributed by atoms with van der Waals surface area (Å²) in [6, 6.07) is 15.0. The highest BCUT2D eigenvalue weighted by Gasteiger charge is 2.37. The van der Waals surface area contributed by atoms with Gasteiger partial charge in [0.1, 0.15) is 5.82 Å². The lowest BCUT2D eigenvalue weighted by molar-refractivity contribution is 0.0724. The number of rotatable bonds is 5. The lowest BCUT2D eigenvalue weighted by atomic mass is 9.69. The first-order valence-electron chi connectivity index (χ1n) is 7.54. The fourth-order valence-electron chi connectivity index (χ4n) is 3.07. The molecule has 0 heterocycles. The number of aliphatic hydroxyl groups excluding tert-OH is 1. The molecule has 0 aromatic heterocycles. The Morgan fingerprint density at radius 1 is 1.05 bits per heavy atom. The smallest absolute Gasteiger partial charge is 0.126 e. The van der Waals surface area contributed by atoms with E-state index in [2.05, 4.69) is 13.8 Å². The van der Waals surface area contributed by atoms with Gasteiger partial charge in [-0.05, 0) is 42.5 Å². The summed E-state index contributed by atoms with van der Waals surface area (Å²) in [5, 5.41) is 10.9. The first-order valence-corrected chi connectivity index (χ1v) is 7.54. The molecule has 21 heavy (non-hydrogen) atoms. The van der Waals surface area contributed by atoms with Gasteiger partial charge in [-0.1, -0.05) is 56.3 Å². The van der Waals surface area contributed by atoms with Gasteiger partial charge in [0, 0.05) is 5.41 Å². The van der Waals surface area contributed by atoms with Crippen LogP contribution in [0.1, 0.15) is 49.5 Å². The molecule has 0 radical (unpaired) electrons. The summed E-state index contributed by atoms with van der Waals surface area (Å²) >= 11 is 0. The average molecular weight is 286 g/mol. The van der Waals surface area contributed by atoms with Gasteiger partial charge in [-0.2, -0.15) is 0 Å². The van der Waals surface area contributed by atoms with Crippen LogP contribution in [0.5, 0.6) is 0 Å². The molecule has 0 saturated heterocycles. The number of benzene rings is 2. The summed E-state index contributed by atoms with van der Waals surface area (Å²) in [5.41, 5.74) is 1.96. The lowest BCUT2D eigenvalue weighted by Crippen LogP contribution is -2.32. The molecule has 0 saturated carbocycles. The third kappa shape index (κ3) is 2.86. The normalized spacial score (nSPS) is 13.2. The van der Waals surface area contributed by atoms with Gasteiger partial charge in [0.25, 0.3) is 0 Å². The number of aliphatic hydroxyl groups is 1. The second-order valence-corrected chi connectivity index (χ2v) is 5.64. The van der Waals surface area contributed by atoms with Crippen molar-refractivity contribution >= 4 is 0 Å². The van der Waals surface area contributed by atoms with E-state index in [0.29, 0.717) is 11.1 Å². The Morgan fingerprint density at radius 3 is 2.19 bits per heavy atom. The fraction of sp³-hybridized carbons (Fsp3) is 0.368. The van der Waals surface area contributed by atoms with E-state index in [4.69, 9.17) is 0 Å². The molecular weight excluding hydrogens is 263 g/mol. The molecule has 0 bridgehead atoms. The average Bonchev–Trinajstić information content (AvgIpc) is 2.52. The van der Waals surface area contributed by atoms with Crippen LogP contribution in [0.3, 0.4) is 0 Å². The zero-order chi connectivity index (χ0) is 15.5. The highest BCUT2D eigenvalue weighted by molar-refractivity contribution is 5.33. The summed E-state index contributed by atoms with van der Waals surface area (Å²) < 4.78 is 13.8. The maximum atomic E-state index is 13.8. The lowest BCUT2D eigenvalue weighted by Gasteiger charge is -2.37. The van der Waals surface area contributed by atoms with E-state index in [1.807, 2.05) is 36.4 Å². The van der Waals surface area contributed by atoms with Crippen molar-refractivity contribution in [2.45, 2.75) is 45.1 Å². The van der Waals surface area contributed by atoms with Crippen LogP contribution in [-0.2, 0) is 5.41 Å². The Morgan fingerprint density at radius 2 is 1.67 bits per heavy atom. The van der Waals surface area contributed by atoms with Crippen molar-refractivity contribution in [1.29, 1.82) is 0 Å². The van der Waals surface area contributed by atoms with E-state index in [1.54, 1.807) is 13.0 Å². The number of halogens is 1. The number of hydrogen-bond donors (Lipinski definition) is 1. The summed E-state index contributed by atoms with van der Waals surface area (Å²) in [6.45, 7) is 5.88. The van der Waals surface area contributed by atoms with Crippen LogP contribution in [0.4, 0.5) is 4.39 Å². The minimum Gasteiger partial charge on any atom is -0.387 e. The van der Waals surface area contributed by atoms with E-state index in [9.17, 15) is 9.50 Å². The molecule has 0 aliphatic heterocycles. The Labute approximate surface area is 126 Å². The van der Waals surface area contributed by atoms with Gasteiger partial charge in [-0.25, -0.2) is 4.39 Å². The molecule has 2 aromatic carbocycles. The van der Waals surface area contributed by atoms with Gasteiger partial charge in [-0.15, -0.1) is 0 Å². The molecule has 1 nitrogen and oxygen atoms in total. The molecular formula is C19H23FO. The second-order valence-electron chi connectivity index (χ2n) is 5.64. The Kier molecular flexibility index (Phi) is 4.79. The third-order valence-electron chi connectivity index (χ3n) is 4.65. The first kappa shape index (κ1) is 15.7. The van der Waals surface area contributed by atoms with Crippen LogP contribution in [0.25, 0.3) is 0 Å². The Bertz CT molecular complexity index is 588. The summed E-state index contributed by atoms with van der Waals surface area (Å²) in [5.74, 6) is -0.263. The van der Waals surface area contributed by atoms with Crippen molar-refractivity contribution in [2.24, 2.45) is 0 Å². The molecule has 0 aliphatic rings. The number of hydrogen-bond acceptors (Lipinski definition) is 1. The maximum absolute atomic E-state index is 13.8. The SMILES string of the molecule is CCC(CC)(c1ccccc1)C(O)c1ccc(C)c(F)c1. The van der Waals surface area contributed by atoms with Crippen LogP contribution in [0, 0.1) is 12.7 Å². The zero-order valence-corrected chi connectivity index (χ0v) is 12.9. The van der Waals surface area contributed by atoms with Crippen molar-refractivity contribution < 1.29 is 9.50 Å². The standard InChI is InChI=1S/C19H23FO/c1-4-19(5-2,16-9-7-6-8-10-16)18(21)15-12-11-14(3)17(20)13-15/h6-13,18,21H,4-5H2,1-3H3. The molecule has 2 aromatic rings. The molecule has 112 valence electrons. The largest absolute Gasteiger partial charge is 0.387 e. The van der Waals surface area contributed by atoms with Crippen LogP contribution in [-0.4, -0.2) is 5.11 Å². The molecule has 1 N–H and O–H groups in total. The number of aryl methyl sites for hydroxylation is 1. The fourth-order valence-corrected chi connectivity index (χ4v) is 3.07. The summed E-state index contributed by atoms with van der Waals surface area (Å²) in [6.07, 6.45) is 0.874. The molecule has 2 heteroatoms. The van der Waals surface area contributed by atoms with Crippen molar-refractivity contribution in [1.82, 2.24) is 0 Å². The van der Waals surface area contributed by atoms with Gasteiger partial charge < -0.3 is 5.11 Å². The predicted molar refractivity (Wildman–Crippen MR) is 84.8 cm³/mol. The third-order valence-corrected chi connectivity index (χ3v) is 4.65. The van der Waals surface area contributed by atoms with Gasteiger partial charge in [0.2, 0.25) is 0 Å². The summed E-state index contributed by atoms with van der Waals surface area (Å²) in [4.78, 5) is 0. The first-order chi connectivity index (χ1) is 10.0. The predicted octanol–water partition coefficient (Wildman–Crippen LogP) is 4.93. The van der Waals surface area contributed by atoms with Gasteiger partial charge >= 0.3 is 0 Å². The van der Waals surface area contributed by atoms with Crippen molar-refractivity contribution in [3.8, 4) is 0 Å². The minimum absolute atomic E-state index is 0.263. The quantitative estimate of drug-likeness (QED) is 0.826. The van der Waals surface area contributed by atoms with Crippen molar-refractivity contribution in [3.05, 3.63) is 71.0 Å². The van der Waals surface area contributed by atoms with Gasteiger partial charge in [0.05, 0.1) is 6.10 Å². The van der Waals surface area contributed by atoms with E-state index < -0.39 is 6.10 Å². The van der Waals surface area contributed by atoms with E-state index >= 15 is 0 Å². The van der Waals surface area contributed by atoms with Crippen LogP contribution in [0.15, 0.2) is 48.5 Å². The zero-order valence-electron chi connectivity index (χ0n) is 12.9. The van der Waals surface area contributed by atoms with Gasteiger partial charge in [-0.3, -0.25) is 0 Å². The molecule has 0 aliphatic carbocycles. The van der Waals surface area contributed by atoms with E-state index in [1.165, 1.54) is 6.07 Å². The monoisotopic (exact) mass is 286 g/mol. The highest BCUT2D eigenvalue weighted by atomic mass is 19.1. The molecule has 0 spiro atoms. The Hall–Kier alpha value is -1.67. The van der Waals surface area contributed by atoms with E-state index in [0.717, 1.165) is 18.4 Å². The van der Waals surface area contributed by atoms with Crippen molar-refractivity contribution in [3.63, 3.8) is 0 Å². The molecule has 0 fully saturated rings. The summed E-state index contributed by atoms with van der Waals surface area (Å²) in [7, 11) is 0.